The maximum atomic E-state index is 9.82. The molecule has 0 aromatic carbocycles. The van der Waals surface area contributed by atoms with Gasteiger partial charge in [0.15, 0.2) is 0 Å². The number of aliphatic hydroxyl groups is 3. The fourth-order valence-electron chi connectivity index (χ4n) is 2.42. The zero-order valence-corrected chi connectivity index (χ0v) is 12.5. The molecule has 0 aromatic heterocycles. The van der Waals surface area contributed by atoms with Crippen molar-refractivity contribution in [2.75, 3.05) is 19.8 Å². The Labute approximate surface area is 121 Å². The predicted molar refractivity (Wildman–Crippen MR) is 76.6 cm³/mol. The molecule has 0 bridgehead atoms. The van der Waals surface area contributed by atoms with E-state index in [4.69, 9.17) is 9.47 Å². The van der Waals surface area contributed by atoms with Crippen LogP contribution < -0.4 is 0 Å². The minimum Gasteiger partial charge on any atom is -0.388 e. The third-order valence-corrected chi connectivity index (χ3v) is 3.75. The van der Waals surface area contributed by atoms with Crippen molar-refractivity contribution in [3.63, 3.8) is 0 Å². The molecule has 1 fully saturated rings. The zero-order valence-electron chi connectivity index (χ0n) is 12.5. The average molecular weight is 290 g/mol. The highest BCUT2D eigenvalue weighted by Crippen LogP contribution is 2.17. The van der Waals surface area contributed by atoms with E-state index in [-0.39, 0.29) is 13.2 Å². The van der Waals surface area contributed by atoms with Crippen LogP contribution in [0.3, 0.4) is 0 Å². The summed E-state index contributed by atoms with van der Waals surface area (Å²) in [7, 11) is 0. The maximum absolute atomic E-state index is 9.82. The van der Waals surface area contributed by atoms with Gasteiger partial charge in [0.25, 0.3) is 0 Å². The van der Waals surface area contributed by atoms with Gasteiger partial charge in [-0.25, -0.2) is 0 Å². The highest BCUT2D eigenvalue weighted by molar-refractivity contribution is 4.87. The monoisotopic (exact) mass is 290 g/mol. The standard InChI is InChI=1S/C15H30O5/c1-2-3-4-5-6-7-8-9-19-10-13(17)15-14(18)12(16)11-20-15/h12-18H,2-11H2,1H3/t12-,13+,14+,15+/m1/s1. The lowest BCUT2D eigenvalue weighted by atomic mass is 10.1. The molecule has 0 aromatic rings. The summed E-state index contributed by atoms with van der Waals surface area (Å²) in [4.78, 5) is 0. The Hall–Kier alpha value is -0.200. The van der Waals surface area contributed by atoms with Gasteiger partial charge in [0.2, 0.25) is 0 Å². The smallest absolute Gasteiger partial charge is 0.114 e. The molecule has 1 saturated heterocycles. The summed E-state index contributed by atoms with van der Waals surface area (Å²) < 4.78 is 10.5. The summed E-state index contributed by atoms with van der Waals surface area (Å²) in [6.07, 6.45) is 5.03. The molecule has 4 atom stereocenters. The summed E-state index contributed by atoms with van der Waals surface area (Å²) in [6.45, 7) is 3.05. The van der Waals surface area contributed by atoms with Gasteiger partial charge in [-0.15, -0.1) is 0 Å². The third kappa shape index (κ3) is 6.50. The fourth-order valence-corrected chi connectivity index (χ4v) is 2.42. The van der Waals surface area contributed by atoms with Crippen LogP contribution in [0.25, 0.3) is 0 Å². The van der Waals surface area contributed by atoms with Gasteiger partial charge in [-0.2, -0.15) is 0 Å². The van der Waals surface area contributed by atoms with Crippen molar-refractivity contribution in [2.45, 2.75) is 76.3 Å². The minimum atomic E-state index is -1.02. The van der Waals surface area contributed by atoms with E-state index in [1.807, 2.05) is 0 Å². The second kappa shape index (κ2) is 10.5. The van der Waals surface area contributed by atoms with Crippen molar-refractivity contribution in [1.82, 2.24) is 0 Å². The van der Waals surface area contributed by atoms with Crippen LogP contribution in [0.4, 0.5) is 0 Å². The molecule has 120 valence electrons. The molecule has 0 saturated carbocycles. The molecular formula is C15H30O5. The van der Waals surface area contributed by atoms with E-state index in [0.29, 0.717) is 6.61 Å². The molecule has 0 spiro atoms. The SMILES string of the molecule is CCCCCCCCCOC[C@H](O)[C@@H]1OC[C@@H](O)[C@@H]1O. The van der Waals surface area contributed by atoms with E-state index in [2.05, 4.69) is 6.92 Å². The predicted octanol–water partition coefficient (Wildman–Crippen LogP) is 1.24. The first-order chi connectivity index (χ1) is 9.66. The van der Waals surface area contributed by atoms with Crippen LogP contribution in [-0.4, -0.2) is 59.6 Å². The van der Waals surface area contributed by atoms with Crippen LogP contribution in [0.2, 0.25) is 0 Å². The molecule has 1 rings (SSSR count). The number of unbranched alkanes of at least 4 members (excludes halogenated alkanes) is 6. The van der Waals surface area contributed by atoms with Crippen LogP contribution in [0.5, 0.6) is 0 Å². The second-order valence-corrected chi connectivity index (χ2v) is 5.62. The molecule has 0 unspecified atom stereocenters. The molecule has 0 aliphatic carbocycles. The van der Waals surface area contributed by atoms with Gasteiger partial charge in [-0.05, 0) is 6.42 Å². The first-order valence-corrected chi connectivity index (χ1v) is 7.90. The lowest BCUT2D eigenvalue weighted by Crippen LogP contribution is -2.40. The average Bonchev–Trinajstić information content (AvgIpc) is 2.77. The van der Waals surface area contributed by atoms with Crippen molar-refractivity contribution in [1.29, 1.82) is 0 Å². The zero-order chi connectivity index (χ0) is 14.8. The van der Waals surface area contributed by atoms with Crippen molar-refractivity contribution < 1.29 is 24.8 Å². The summed E-state index contributed by atoms with van der Waals surface area (Å²) in [5, 5.41) is 28.7. The van der Waals surface area contributed by atoms with Crippen LogP contribution >= 0.6 is 0 Å². The van der Waals surface area contributed by atoms with Gasteiger partial charge in [-0.1, -0.05) is 45.4 Å². The van der Waals surface area contributed by atoms with E-state index >= 15 is 0 Å². The van der Waals surface area contributed by atoms with E-state index in [1.165, 1.54) is 32.1 Å². The van der Waals surface area contributed by atoms with Gasteiger partial charge < -0.3 is 24.8 Å². The number of aliphatic hydroxyl groups excluding tert-OH is 3. The molecular weight excluding hydrogens is 260 g/mol. The first kappa shape index (κ1) is 17.9. The number of hydrogen-bond donors (Lipinski definition) is 3. The van der Waals surface area contributed by atoms with Crippen LogP contribution in [-0.2, 0) is 9.47 Å². The number of hydrogen-bond acceptors (Lipinski definition) is 5. The van der Waals surface area contributed by atoms with Crippen molar-refractivity contribution in [3.8, 4) is 0 Å². The lowest BCUT2D eigenvalue weighted by Gasteiger charge is -2.20. The van der Waals surface area contributed by atoms with Gasteiger partial charge in [0, 0.05) is 6.61 Å². The maximum Gasteiger partial charge on any atom is 0.114 e. The highest BCUT2D eigenvalue weighted by atomic mass is 16.5. The summed E-state index contributed by atoms with van der Waals surface area (Å²) >= 11 is 0. The Morgan fingerprint density at radius 1 is 1.10 bits per heavy atom. The number of rotatable bonds is 11. The second-order valence-electron chi connectivity index (χ2n) is 5.62. The first-order valence-electron chi connectivity index (χ1n) is 7.90. The van der Waals surface area contributed by atoms with Crippen molar-refractivity contribution >= 4 is 0 Å². The summed E-state index contributed by atoms with van der Waals surface area (Å²) in [5.74, 6) is 0. The quantitative estimate of drug-likeness (QED) is 0.499. The van der Waals surface area contributed by atoms with E-state index in [0.717, 1.165) is 12.8 Å². The Morgan fingerprint density at radius 3 is 2.35 bits per heavy atom. The molecule has 1 aliphatic rings. The Balaban J connectivity index is 1.93. The van der Waals surface area contributed by atoms with E-state index in [9.17, 15) is 15.3 Å². The molecule has 0 radical (unpaired) electrons. The largest absolute Gasteiger partial charge is 0.388 e. The van der Waals surface area contributed by atoms with Crippen LogP contribution in [0, 0.1) is 0 Å². The van der Waals surface area contributed by atoms with Crippen LogP contribution in [0.15, 0.2) is 0 Å². The fraction of sp³-hybridized carbons (Fsp3) is 1.00. The Bertz CT molecular complexity index is 236. The normalized spacial score (nSPS) is 27.9. The molecule has 1 heterocycles. The topological polar surface area (TPSA) is 79.2 Å². The van der Waals surface area contributed by atoms with Crippen LogP contribution in [0.1, 0.15) is 51.9 Å². The lowest BCUT2D eigenvalue weighted by molar-refractivity contribution is -0.0813. The van der Waals surface area contributed by atoms with Crippen molar-refractivity contribution in [3.05, 3.63) is 0 Å². The third-order valence-electron chi connectivity index (χ3n) is 3.75. The van der Waals surface area contributed by atoms with E-state index in [1.54, 1.807) is 0 Å². The van der Waals surface area contributed by atoms with E-state index < -0.39 is 24.4 Å². The Morgan fingerprint density at radius 2 is 1.75 bits per heavy atom. The summed E-state index contributed by atoms with van der Waals surface area (Å²) in [5.41, 5.74) is 0. The molecule has 5 heteroatoms. The van der Waals surface area contributed by atoms with Gasteiger partial charge in [0.05, 0.1) is 13.2 Å². The van der Waals surface area contributed by atoms with Gasteiger partial charge >= 0.3 is 0 Å². The molecule has 0 amide bonds. The molecule has 5 nitrogen and oxygen atoms in total. The minimum absolute atomic E-state index is 0.0701. The molecule has 3 N–H and O–H groups in total. The molecule has 1 aliphatic heterocycles. The highest BCUT2D eigenvalue weighted by Gasteiger charge is 2.39. The van der Waals surface area contributed by atoms with Gasteiger partial charge in [0.1, 0.15) is 24.4 Å². The number of ether oxygens (including phenoxy) is 2. The summed E-state index contributed by atoms with van der Waals surface area (Å²) in [6, 6.07) is 0. The van der Waals surface area contributed by atoms with Gasteiger partial charge in [-0.3, -0.25) is 0 Å². The Kier molecular flexibility index (Phi) is 9.39. The molecule has 20 heavy (non-hydrogen) atoms. The van der Waals surface area contributed by atoms with Crippen molar-refractivity contribution in [2.24, 2.45) is 0 Å².